The summed E-state index contributed by atoms with van der Waals surface area (Å²) >= 11 is 5.95. The predicted octanol–water partition coefficient (Wildman–Crippen LogP) is 4.09. The molecule has 3 unspecified atom stereocenters. The first-order valence-electron chi connectivity index (χ1n) is 6.87. The maximum Gasteiger partial charge on any atom is 0.0406 e. The Labute approximate surface area is 122 Å². The molecule has 1 aromatic carbocycles. The molecule has 0 spiro atoms. The molecular weight excluding hydrogens is 256 g/mol. The maximum atomic E-state index is 6.20. The van der Waals surface area contributed by atoms with Crippen molar-refractivity contribution >= 4 is 11.6 Å². The molecule has 2 nitrogen and oxygen atoms in total. The number of benzene rings is 1. The Balaban J connectivity index is 2.96. The molecule has 0 fully saturated rings. The molecule has 2 N–H and O–H groups in total. The van der Waals surface area contributed by atoms with Gasteiger partial charge < -0.3 is 5.73 Å². The van der Waals surface area contributed by atoms with E-state index in [9.17, 15) is 0 Å². The Hall–Kier alpha value is -0.570. The minimum atomic E-state index is 0.125. The number of hydrogen-bond donors (Lipinski definition) is 1. The molecule has 0 aliphatic rings. The van der Waals surface area contributed by atoms with Crippen molar-refractivity contribution in [3.05, 3.63) is 34.9 Å². The fourth-order valence-corrected chi connectivity index (χ4v) is 3.11. The summed E-state index contributed by atoms with van der Waals surface area (Å²) in [4.78, 5) is 2.37. The first kappa shape index (κ1) is 16.5. The predicted molar refractivity (Wildman–Crippen MR) is 84.5 cm³/mol. The minimum absolute atomic E-state index is 0.125. The maximum absolute atomic E-state index is 6.20. The molecule has 0 bridgehead atoms. The molecule has 0 heterocycles. The second kappa shape index (κ2) is 6.25. The Morgan fingerprint density at radius 1 is 1.11 bits per heavy atom. The van der Waals surface area contributed by atoms with Gasteiger partial charge in [0.1, 0.15) is 0 Å². The van der Waals surface area contributed by atoms with Gasteiger partial charge in [0.05, 0.1) is 0 Å². The number of nitrogens with zero attached hydrogens (tertiary/aromatic N) is 1. The molecule has 108 valence electrons. The van der Waals surface area contributed by atoms with Gasteiger partial charge in [-0.05, 0) is 44.0 Å². The van der Waals surface area contributed by atoms with Crippen molar-refractivity contribution in [1.82, 2.24) is 4.90 Å². The zero-order chi connectivity index (χ0) is 14.8. The van der Waals surface area contributed by atoms with E-state index in [1.165, 1.54) is 5.56 Å². The van der Waals surface area contributed by atoms with Gasteiger partial charge in [-0.15, -0.1) is 0 Å². The van der Waals surface area contributed by atoms with E-state index in [2.05, 4.69) is 58.7 Å². The van der Waals surface area contributed by atoms with Crippen molar-refractivity contribution in [2.75, 3.05) is 7.05 Å². The van der Waals surface area contributed by atoms with Gasteiger partial charge in [-0.2, -0.15) is 0 Å². The van der Waals surface area contributed by atoms with E-state index in [0.29, 0.717) is 12.1 Å². The van der Waals surface area contributed by atoms with Crippen LogP contribution in [0.5, 0.6) is 0 Å². The minimum Gasteiger partial charge on any atom is -0.327 e. The van der Waals surface area contributed by atoms with Crippen molar-refractivity contribution in [1.29, 1.82) is 0 Å². The van der Waals surface area contributed by atoms with E-state index >= 15 is 0 Å². The summed E-state index contributed by atoms with van der Waals surface area (Å²) in [5, 5.41) is 0.776. The van der Waals surface area contributed by atoms with Crippen LogP contribution in [0, 0.1) is 5.41 Å². The van der Waals surface area contributed by atoms with Gasteiger partial charge in [0.2, 0.25) is 0 Å². The standard InChI is InChI=1S/C16H27ClN2/c1-11(18)15(16(3,4)5)19(6)12(2)13-7-9-14(17)10-8-13/h7-12,15H,18H2,1-6H3. The monoisotopic (exact) mass is 282 g/mol. The van der Waals surface area contributed by atoms with Gasteiger partial charge in [-0.1, -0.05) is 44.5 Å². The second-order valence-electron chi connectivity index (χ2n) is 6.56. The number of halogens is 1. The fraction of sp³-hybridized carbons (Fsp3) is 0.625. The fourth-order valence-electron chi connectivity index (χ4n) is 2.99. The van der Waals surface area contributed by atoms with Crippen molar-refractivity contribution in [2.45, 2.75) is 52.7 Å². The zero-order valence-electron chi connectivity index (χ0n) is 12.9. The lowest BCUT2D eigenvalue weighted by molar-refractivity contribution is 0.0744. The van der Waals surface area contributed by atoms with Crippen molar-refractivity contribution in [2.24, 2.45) is 11.1 Å². The molecule has 0 amide bonds. The van der Waals surface area contributed by atoms with Crippen LogP contribution in [0.15, 0.2) is 24.3 Å². The molecule has 0 aliphatic carbocycles. The first-order valence-corrected chi connectivity index (χ1v) is 7.25. The molecule has 0 saturated heterocycles. The molecule has 1 rings (SSSR count). The van der Waals surface area contributed by atoms with Crippen LogP contribution in [0.4, 0.5) is 0 Å². The SMILES string of the molecule is CC(N)C(N(C)C(C)c1ccc(Cl)cc1)C(C)(C)C. The Bertz CT molecular complexity index is 392. The quantitative estimate of drug-likeness (QED) is 0.901. The highest BCUT2D eigenvalue weighted by atomic mass is 35.5. The molecule has 3 atom stereocenters. The molecule has 0 radical (unpaired) electrons. The zero-order valence-corrected chi connectivity index (χ0v) is 13.7. The van der Waals surface area contributed by atoms with E-state index in [0.717, 1.165) is 5.02 Å². The van der Waals surface area contributed by atoms with Crippen molar-refractivity contribution in [3.8, 4) is 0 Å². The Morgan fingerprint density at radius 2 is 1.58 bits per heavy atom. The summed E-state index contributed by atoms with van der Waals surface area (Å²) < 4.78 is 0. The Kier molecular flexibility index (Phi) is 5.43. The third-order valence-corrected chi connectivity index (χ3v) is 4.04. The molecule has 1 aromatic rings. The van der Waals surface area contributed by atoms with Gasteiger partial charge in [0.15, 0.2) is 0 Å². The summed E-state index contributed by atoms with van der Waals surface area (Å²) in [7, 11) is 2.15. The Morgan fingerprint density at radius 3 is 1.95 bits per heavy atom. The molecule has 3 heteroatoms. The van der Waals surface area contributed by atoms with Crippen LogP contribution >= 0.6 is 11.6 Å². The van der Waals surface area contributed by atoms with E-state index in [1.54, 1.807) is 0 Å². The molecule has 0 aromatic heterocycles. The largest absolute Gasteiger partial charge is 0.327 e. The summed E-state index contributed by atoms with van der Waals surface area (Å²) in [6.07, 6.45) is 0. The van der Waals surface area contributed by atoms with Gasteiger partial charge in [0.25, 0.3) is 0 Å². The van der Waals surface area contributed by atoms with Crippen molar-refractivity contribution < 1.29 is 0 Å². The van der Waals surface area contributed by atoms with Crippen LogP contribution in [-0.4, -0.2) is 24.0 Å². The number of hydrogen-bond acceptors (Lipinski definition) is 2. The normalized spacial score (nSPS) is 17.3. The average Bonchev–Trinajstić information content (AvgIpc) is 2.26. The van der Waals surface area contributed by atoms with Crippen LogP contribution in [0.3, 0.4) is 0 Å². The number of nitrogens with two attached hydrogens (primary N) is 1. The number of likely N-dealkylation sites (N-methyl/N-ethyl adjacent to an activating group) is 1. The van der Waals surface area contributed by atoms with Crippen LogP contribution in [0.2, 0.25) is 5.02 Å². The summed E-state index contributed by atoms with van der Waals surface area (Å²) in [6, 6.07) is 8.82. The highest BCUT2D eigenvalue weighted by Crippen LogP contribution is 2.31. The van der Waals surface area contributed by atoms with Crippen LogP contribution in [-0.2, 0) is 0 Å². The van der Waals surface area contributed by atoms with Gasteiger partial charge in [-0.3, -0.25) is 4.90 Å². The van der Waals surface area contributed by atoms with Gasteiger partial charge in [0, 0.05) is 23.1 Å². The third kappa shape index (κ3) is 4.20. The second-order valence-corrected chi connectivity index (χ2v) is 7.00. The molecule has 0 saturated carbocycles. The topological polar surface area (TPSA) is 29.3 Å². The van der Waals surface area contributed by atoms with Gasteiger partial charge >= 0.3 is 0 Å². The average molecular weight is 283 g/mol. The van der Waals surface area contributed by atoms with E-state index in [1.807, 2.05) is 12.1 Å². The lowest BCUT2D eigenvalue weighted by atomic mass is 9.81. The smallest absolute Gasteiger partial charge is 0.0406 e. The van der Waals surface area contributed by atoms with E-state index in [-0.39, 0.29) is 11.5 Å². The highest BCUT2D eigenvalue weighted by Gasteiger charge is 2.33. The van der Waals surface area contributed by atoms with Gasteiger partial charge in [-0.25, -0.2) is 0 Å². The molecule has 0 aliphatic heterocycles. The molecule has 19 heavy (non-hydrogen) atoms. The molecular formula is C16H27ClN2. The lowest BCUT2D eigenvalue weighted by Gasteiger charge is -2.43. The summed E-state index contributed by atoms with van der Waals surface area (Å²) in [5.41, 5.74) is 7.61. The van der Waals surface area contributed by atoms with E-state index in [4.69, 9.17) is 17.3 Å². The van der Waals surface area contributed by atoms with Crippen molar-refractivity contribution in [3.63, 3.8) is 0 Å². The summed E-state index contributed by atoms with van der Waals surface area (Å²) in [6.45, 7) is 11.0. The van der Waals surface area contributed by atoms with E-state index < -0.39 is 0 Å². The first-order chi connectivity index (χ1) is 8.64. The lowest BCUT2D eigenvalue weighted by Crippen LogP contribution is -2.52. The van der Waals surface area contributed by atoms with Crippen LogP contribution in [0.1, 0.15) is 46.2 Å². The van der Waals surface area contributed by atoms with Crippen LogP contribution in [0.25, 0.3) is 0 Å². The van der Waals surface area contributed by atoms with Crippen LogP contribution < -0.4 is 5.73 Å². The highest BCUT2D eigenvalue weighted by molar-refractivity contribution is 6.30. The third-order valence-electron chi connectivity index (χ3n) is 3.79. The summed E-state index contributed by atoms with van der Waals surface area (Å²) in [5.74, 6) is 0. The number of rotatable bonds is 4.